The molecular formula is C15H13Br2IO2. The molecule has 0 bridgehead atoms. The smallest absolute Gasteiger partial charge is 0.133 e. The van der Waals surface area contributed by atoms with Crippen molar-refractivity contribution in [1.82, 2.24) is 0 Å². The van der Waals surface area contributed by atoms with Crippen molar-refractivity contribution in [1.29, 1.82) is 0 Å². The summed E-state index contributed by atoms with van der Waals surface area (Å²) in [6, 6.07) is 12.3. The number of hydrogen-bond acceptors (Lipinski definition) is 2. The van der Waals surface area contributed by atoms with Crippen molar-refractivity contribution in [2.75, 3.05) is 14.2 Å². The molecule has 0 spiro atoms. The van der Waals surface area contributed by atoms with E-state index in [-0.39, 0.29) is 4.83 Å². The second-order valence-corrected chi connectivity index (χ2v) is 7.16. The summed E-state index contributed by atoms with van der Waals surface area (Å²) in [4.78, 5) is 0.0502. The van der Waals surface area contributed by atoms with Crippen molar-refractivity contribution in [3.63, 3.8) is 0 Å². The molecule has 0 amide bonds. The van der Waals surface area contributed by atoms with Crippen LogP contribution in [-0.4, -0.2) is 14.2 Å². The van der Waals surface area contributed by atoms with Gasteiger partial charge in [0, 0.05) is 9.13 Å². The van der Waals surface area contributed by atoms with Crippen molar-refractivity contribution >= 4 is 54.5 Å². The van der Waals surface area contributed by atoms with E-state index in [4.69, 9.17) is 9.47 Å². The number of benzene rings is 2. The molecule has 0 heterocycles. The van der Waals surface area contributed by atoms with Gasteiger partial charge >= 0.3 is 0 Å². The fourth-order valence-corrected chi connectivity index (χ4v) is 3.62. The Kier molecular flexibility index (Phi) is 5.74. The van der Waals surface area contributed by atoms with Crippen LogP contribution in [0.3, 0.4) is 0 Å². The van der Waals surface area contributed by atoms with Crippen LogP contribution in [0.2, 0.25) is 0 Å². The predicted octanol–water partition coefficient (Wildman–Crippen LogP) is 5.56. The lowest BCUT2D eigenvalue weighted by molar-refractivity contribution is 0.397. The molecule has 106 valence electrons. The predicted molar refractivity (Wildman–Crippen MR) is 97.2 cm³/mol. The minimum atomic E-state index is 0.0502. The Hall–Kier alpha value is -0.270. The van der Waals surface area contributed by atoms with E-state index >= 15 is 0 Å². The van der Waals surface area contributed by atoms with Crippen molar-refractivity contribution < 1.29 is 9.47 Å². The number of rotatable bonds is 4. The van der Waals surface area contributed by atoms with E-state index < -0.39 is 0 Å². The van der Waals surface area contributed by atoms with E-state index in [0.717, 1.165) is 21.5 Å². The van der Waals surface area contributed by atoms with E-state index in [1.807, 2.05) is 18.2 Å². The zero-order valence-corrected chi connectivity index (χ0v) is 16.3. The lowest BCUT2D eigenvalue weighted by Gasteiger charge is -2.17. The van der Waals surface area contributed by atoms with Crippen LogP contribution >= 0.6 is 54.5 Å². The summed E-state index contributed by atoms with van der Waals surface area (Å²) in [6.45, 7) is 0. The molecule has 0 aliphatic heterocycles. The maximum Gasteiger partial charge on any atom is 0.133 e. The quantitative estimate of drug-likeness (QED) is 0.395. The largest absolute Gasteiger partial charge is 0.496 e. The summed E-state index contributed by atoms with van der Waals surface area (Å²) < 4.78 is 12.9. The molecule has 1 unspecified atom stereocenters. The molecule has 1 atom stereocenters. The monoisotopic (exact) mass is 510 g/mol. The van der Waals surface area contributed by atoms with E-state index in [1.54, 1.807) is 14.2 Å². The molecule has 2 rings (SSSR count). The standard InChI is InChI=1S/C15H13Br2IO2/c1-19-13-8-12(16)14(20-2)7-11(13)15(17)9-4-3-5-10(18)6-9/h3-8,15H,1-2H3. The van der Waals surface area contributed by atoms with Crippen LogP contribution < -0.4 is 9.47 Å². The molecular weight excluding hydrogens is 499 g/mol. The highest BCUT2D eigenvalue weighted by Crippen LogP contribution is 2.41. The minimum absolute atomic E-state index is 0.0502. The third-order valence-electron chi connectivity index (χ3n) is 2.92. The molecule has 2 aromatic carbocycles. The van der Waals surface area contributed by atoms with Gasteiger partial charge in [0.15, 0.2) is 0 Å². The molecule has 2 nitrogen and oxygen atoms in total. The lowest BCUT2D eigenvalue weighted by atomic mass is 10.0. The number of methoxy groups -OCH3 is 2. The molecule has 0 aliphatic rings. The summed E-state index contributed by atoms with van der Waals surface area (Å²) in [7, 11) is 3.33. The summed E-state index contributed by atoms with van der Waals surface area (Å²) in [5, 5.41) is 0. The van der Waals surface area contributed by atoms with E-state index in [0.29, 0.717) is 0 Å². The van der Waals surface area contributed by atoms with E-state index in [2.05, 4.69) is 72.6 Å². The van der Waals surface area contributed by atoms with Gasteiger partial charge in [-0.3, -0.25) is 0 Å². The SMILES string of the molecule is COc1cc(C(Br)c2cccc(I)c2)c(OC)cc1Br. The average Bonchev–Trinajstić information content (AvgIpc) is 2.46. The molecule has 0 saturated heterocycles. The van der Waals surface area contributed by atoms with Gasteiger partial charge in [-0.1, -0.05) is 28.1 Å². The highest BCUT2D eigenvalue weighted by atomic mass is 127. The van der Waals surface area contributed by atoms with Gasteiger partial charge in [0.1, 0.15) is 11.5 Å². The third kappa shape index (κ3) is 3.49. The Morgan fingerprint density at radius 1 is 1.05 bits per heavy atom. The second-order valence-electron chi connectivity index (χ2n) is 4.15. The first kappa shape index (κ1) is 16.1. The van der Waals surface area contributed by atoms with Crippen LogP contribution in [0.15, 0.2) is 40.9 Å². The summed E-state index contributed by atoms with van der Waals surface area (Å²) in [6.07, 6.45) is 0. The zero-order chi connectivity index (χ0) is 14.7. The summed E-state index contributed by atoms with van der Waals surface area (Å²) in [5.74, 6) is 1.61. The van der Waals surface area contributed by atoms with Gasteiger partial charge in [0.25, 0.3) is 0 Å². The summed E-state index contributed by atoms with van der Waals surface area (Å²) >= 11 is 9.54. The first-order chi connectivity index (χ1) is 9.56. The average molecular weight is 512 g/mol. The number of alkyl halides is 1. The highest BCUT2D eigenvalue weighted by Gasteiger charge is 2.18. The molecule has 0 aromatic heterocycles. The van der Waals surface area contributed by atoms with Gasteiger partial charge in [0.05, 0.1) is 23.5 Å². The molecule has 0 fully saturated rings. The Labute approximate surface area is 149 Å². The van der Waals surface area contributed by atoms with Gasteiger partial charge in [-0.05, 0) is 68.3 Å². The van der Waals surface area contributed by atoms with Gasteiger partial charge in [0.2, 0.25) is 0 Å². The summed E-state index contributed by atoms with van der Waals surface area (Å²) in [5.41, 5.74) is 2.22. The molecule has 0 N–H and O–H groups in total. The van der Waals surface area contributed by atoms with Gasteiger partial charge in [-0.25, -0.2) is 0 Å². The second kappa shape index (κ2) is 7.13. The molecule has 20 heavy (non-hydrogen) atoms. The normalized spacial score (nSPS) is 12.1. The molecule has 0 saturated carbocycles. The fourth-order valence-electron chi connectivity index (χ4n) is 1.93. The van der Waals surface area contributed by atoms with Crippen molar-refractivity contribution in [3.05, 3.63) is 55.6 Å². The first-order valence-corrected chi connectivity index (χ1v) is 8.66. The van der Waals surface area contributed by atoms with Crippen LogP contribution in [0.4, 0.5) is 0 Å². The van der Waals surface area contributed by atoms with Crippen LogP contribution in [0.5, 0.6) is 11.5 Å². The Morgan fingerprint density at radius 2 is 1.75 bits per heavy atom. The maximum atomic E-state index is 5.48. The minimum Gasteiger partial charge on any atom is -0.496 e. The fraction of sp³-hybridized carbons (Fsp3) is 0.200. The molecule has 0 aliphatic carbocycles. The molecule has 2 aromatic rings. The van der Waals surface area contributed by atoms with Crippen LogP contribution in [0.25, 0.3) is 0 Å². The first-order valence-electron chi connectivity index (χ1n) is 5.87. The highest BCUT2D eigenvalue weighted by molar-refractivity contribution is 14.1. The lowest BCUT2D eigenvalue weighted by Crippen LogP contribution is -1.99. The Morgan fingerprint density at radius 3 is 2.35 bits per heavy atom. The van der Waals surface area contributed by atoms with Crippen molar-refractivity contribution in [2.45, 2.75) is 4.83 Å². The Balaban J connectivity index is 2.50. The van der Waals surface area contributed by atoms with Crippen molar-refractivity contribution in [2.24, 2.45) is 0 Å². The van der Waals surface area contributed by atoms with Crippen molar-refractivity contribution in [3.8, 4) is 11.5 Å². The molecule has 0 radical (unpaired) electrons. The van der Waals surface area contributed by atoms with Crippen LogP contribution in [0.1, 0.15) is 16.0 Å². The number of halogens is 3. The third-order valence-corrected chi connectivity index (χ3v) is 5.23. The number of hydrogen-bond donors (Lipinski definition) is 0. The van der Waals surface area contributed by atoms with E-state index in [9.17, 15) is 0 Å². The topological polar surface area (TPSA) is 18.5 Å². The maximum absolute atomic E-state index is 5.48. The van der Waals surface area contributed by atoms with Crippen LogP contribution in [-0.2, 0) is 0 Å². The van der Waals surface area contributed by atoms with Crippen LogP contribution in [0, 0.1) is 3.57 Å². The van der Waals surface area contributed by atoms with E-state index in [1.165, 1.54) is 9.13 Å². The zero-order valence-electron chi connectivity index (χ0n) is 11.0. The molecule has 5 heteroatoms. The van der Waals surface area contributed by atoms with Gasteiger partial charge < -0.3 is 9.47 Å². The Bertz CT molecular complexity index is 617. The number of ether oxygens (including phenoxy) is 2. The van der Waals surface area contributed by atoms with Gasteiger partial charge in [-0.2, -0.15) is 0 Å². The van der Waals surface area contributed by atoms with Gasteiger partial charge in [-0.15, -0.1) is 0 Å².